The van der Waals surface area contributed by atoms with E-state index in [0.29, 0.717) is 24.8 Å². The second-order valence-corrected chi connectivity index (χ2v) is 6.46. The summed E-state index contributed by atoms with van der Waals surface area (Å²) >= 11 is 0. The summed E-state index contributed by atoms with van der Waals surface area (Å²) in [5.74, 6) is 1.66. The van der Waals surface area contributed by atoms with Crippen LogP contribution < -0.4 is 21.1 Å². The Morgan fingerprint density at radius 2 is 2.04 bits per heavy atom. The molecule has 0 aliphatic rings. The van der Waals surface area contributed by atoms with Crippen molar-refractivity contribution in [2.24, 2.45) is 10.7 Å². The number of benzene rings is 1. The molecule has 0 saturated carbocycles. The third kappa shape index (κ3) is 6.36. The van der Waals surface area contributed by atoms with Gasteiger partial charge in [-0.2, -0.15) is 0 Å². The molecule has 0 aliphatic carbocycles. The Bertz CT molecular complexity index is 796. The molecule has 0 bridgehead atoms. The number of hydrogen-bond donors (Lipinski definition) is 3. The van der Waals surface area contributed by atoms with Gasteiger partial charge in [-0.15, -0.1) is 0 Å². The van der Waals surface area contributed by atoms with E-state index >= 15 is 0 Å². The molecule has 0 unspecified atom stereocenters. The van der Waals surface area contributed by atoms with Crippen molar-refractivity contribution < 1.29 is 13.9 Å². The lowest BCUT2D eigenvalue weighted by Gasteiger charge is -2.15. The average Bonchev–Trinajstić information content (AvgIpc) is 3.07. The van der Waals surface area contributed by atoms with Gasteiger partial charge in [0.15, 0.2) is 11.7 Å². The summed E-state index contributed by atoms with van der Waals surface area (Å²) in [6.07, 6.45) is 0.0966. The number of ether oxygens (including phenoxy) is 1. The zero-order valence-corrected chi connectivity index (χ0v) is 16.3. The highest BCUT2D eigenvalue weighted by molar-refractivity contribution is 5.89. The molecule has 7 heteroatoms. The lowest BCUT2D eigenvalue weighted by Crippen LogP contribution is -2.36. The van der Waals surface area contributed by atoms with E-state index in [4.69, 9.17) is 14.9 Å². The minimum atomic E-state index is -0.584. The van der Waals surface area contributed by atoms with E-state index in [9.17, 15) is 4.79 Å². The Hall–Kier alpha value is -2.96. The summed E-state index contributed by atoms with van der Waals surface area (Å²) in [6, 6.07) is 9.38. The average molecular weight is 372 g/mol. The fourth-order valence-corrected chi connectivity index (χ4v) is 2.44. The number of aliphatic imine (C=N–C) groups is 1. The van der Waals surface area contributed by atoms with Crippen molar-refractivity contribution in [3.8, 4) is 5.75 Å². The van der Waals surface area contributed by atoms with E-state index in [1.54, 1.807) is 12.1 Å². The number of aryl methyl sites for hydroxylation is 1. The topological polar surface area (TPSA) is 102 Å². The number of carbonyl (C=O) groups excluding carboxylic acids is 1. The van der Waals surface area contributed by atoms with Crippen LogP contribution in [0, 0.1) is 6.92 Å². The number of nitrogens with one attached hydrogen (secondary N) is 2. The lowest BCUT2D eigenvalue weighted by molar-refractivity contribution is 0.0972. The number of nitrogens with two attached hydrogens (primary N) is 1. The maximum Gasteiger partial charge on any atom is 0.284 e. The minimum Gasteiger partial charge on any atom is -0.491 e. The van der Waals surface area contributed by atoms with Gasteiger partial charge in [0.25, 0.3) is 5.91 Å². The number of nitrogens with zero attached hydrogens (tertiary/aromatic N) is 1. The number of hydrogen-bond acceptors (Lipinski definition) is 4. The van der Waals surface area contributed by atoms with Crippen LogP contribution in [0.5, 0.6) is 5.75 Å². The molecule has 0 fully saturated rings. The molecule has 0 atom stereocenters. The molecule has 7 nitrogen and oxygen atoms in total. The highest BCUT2D eigenvalue weighted by atomic mass is 16.5. The summed E-state index contributed by atoms with van der Waals surface area (Å²) in [6.45, 7) is 9.63. The van der Waals surface area contributed by atoms with Crippen molar-refractivity contribution in [1.82, 2.24) is 10.6 Å². The van der Waals surface area contributed by atoms with E-state index in [0.717, 1.165) is 23.4 Å². The van der Waals surface area contributed by atoms with Crippen LogP contribution in [-0.4, -0.2) is 24.5 Å². The predicted octanol–water partition coefficient (Wildman–Crippen LogP) is 2.73. The van der Waals surface area contributed by atoms with Gasteiger partial charge in [-0.05, 0) is 51.5 Å². The highest BCUT2D eigenvalue weighted by Gasteiger charge is 2.09. The van der Waals surface area contributed by atoms with Crippen molar-refractivity contribution >= 4 is 11.9 Å². The molecule has 1 amide bonds. The Kier molecular flexibility index (Phi) is 7.28. The van der Waals surface area contributed by atoms with Crippen LogP contribution in [0.25, 0.3) is 0 Å². The van der Waals surface area contributed by atoms with Gasteiger partial charge in [-0.3, -0.25) is 4.79 Å². The zero-order chi connectivity index (χ0) is 19.8. The normalized spacial score (nSPS) is 11.5. The van der Waals surface area contributed by atoms with Crippen molar-refractivity contribution in [3.63, 3.8) is 0 Å². The lowest BCUT2D eigenvalue weighted by atomic mass is 10.1. The minimum absolute atomic E-state index is 0.0966. The van der Waals surface area contributed by atoms with Crippen molar-refractivity contribution in [2.75, 3.05) is 6.54 Å². The fourth-order valence-electron chi connectivity index (χ4n) is 2.44. The molecule has 4 N–H and O–H groups in total. The molecular weight excluding hydrogens is 344 g/mol. The van der Waals surface area contributed by atoms with Crippen molar-refractivity contribution in [1.29, 1.82) is 0 Å². The number of rotatable bonds is 8. The van der Waals surface area contributed by atoms with Gasteiger partial charge in [0.05, 0.1) is 19.2 Å². The summed E-state index contributed by atoms with van der Waals surface area (Å²) < 4.78 is 11.3. The number of primary amides is 1. The summed E-state index contributed by atoms with van der Waals surface area (Å²) in [4.78, 5) is 15.7. The van der Waals surface area contributed by atoms with E-state index in [1.807, 2.05) is 45.9 Å². The monoisotopic (exact) mass is 372 g/mol. The van der Waals surface area contributed by atoms with E-state index in [2.05, 4.69) is 15.6 Å². The molecule has 2 rings (SSSR count). The van der Waals surface area contributed by atoms with Gasteiger partial charge in [-0.1, -0.05) is 12.1 Å². The van der Waals surface area contributed by atoms with Gasteiger partial charge in [-0.25, -0.2) is 4.99 Å². The fraction of sp³-hybridized carbons (Fsp3) is 0.400. The molecule has 0 radical (unpaired) electrons. The number of carbonyl (C=O) groups is 1. The van der Waals surface area contributed by atoms with Crippen molar-refractivity contribution in [2.45, 2.75) is 46.9 Å². The predicted molar refractivity (Wildman–Crippen MR) is 106 cm³/mol. The Balaban J connectivity index is 2.07. The van der Waals surface area contributed by atoms with Crippen LogP contribution in [0.15, 0.2) is 39.7 Å². The largest absolute Gasteiger partial charge is 0.491 e. The molecule has 1 aromatic heterocycles. The molecule has 0 spiro atoms. The maximum atomic E-state index is 11.1. The summed E-state index contributed by atoms with van der Waals surface area (Å²) in [5.41, 5.74) is 7.36. The van der Waals surface area contributed by atoms with Crippen molar-refractivity contribution in [3.05, 3.63) is 53.0 Å². The van der Waals surface area contributed by atoms with Crippen LogP contribution in [0.4, 0.5) is 0 Å². The Labute approximate surface area is 160 Å². The number of guanidine groups is 1. The summed E-state index contributed by atoms with van der Waals surface area (Å²) in [5, 5.41) is 6.37. The third-order valence-electron chi connectivity index (χ3n) is 3.67. The Morgan fingerprint density at radius 3 is 2.67 bits per heavy atom. The number of furan rings is 1. The molecule has 0 saturated heterocycles. The van der Waals surface area contributed by atoms with Crippen LogP contribution in [-0.2, 0) is 13.1 Å². The SMILES string of the molecule is CCNC(=NCc1ccc(C)cc1OC(C)C)NCc1ccc(C(N)=O)o1. The van der Waals surface area contributed by atoms with E-state index < -0.39 is 5.91 Å². The van der Waals surface area contributed by atoms with Gasteiger partial charge < -0.3 is 25.5 Å². The van der Waals surface area contributed by atoms with E-state index in [1.165, 1.54) is 0 Å². The van der Waals surface area contributed by atoms with Gasteiger partial charge in [0.1, 0.15) is 11.5 Å². The quantitative estimate of drug-likeness (QED) is 0.488. The molecule has 2 aromatic rings. The first-order valence-corrected chi connectivity index (χ1v) is 9.06. The molecule has 27 heavy (non-hydrogen) atoms. The molecule has 1 aromatic carbocycles. The van der Waals surface area contributed by atoms with Crippen LogP contribution >= 0.6 is 0 Å². The Morgan fingerprint density at radius 1 is 1.26 bits per heavy atom. The molecular formula is C20H28N4O3. The number of amides is 1. The van der Waals surface area contributed by atoms with Gasteiger partial charge in [0.2, 0.25) is 0 Å². The van der Waals surface area contributed by atoms with Gasteiger partial charge >= 0.3 is 0 Å². The maximum absolute atomic E-state index is 11.1. The highest BCUT2D eigenvalue weighted by Crippen LogP contribution is 2.22. The first-order chi connectivity index (χ1) is 12.9. The summed E-state index contributed by atoms with van der Waals surface area (Å²) in [7, 11) is 0. The second kappa shape index (κ2) is 9.66. The molecule has 146 valence electrons. The molecule has 1 heterocycles. The van der Waals surface area contributed by atoms with E-state index in [-0.39, 0.29) is 11.9 Å². The smallest absolute Gasteiger partial charge is 0.284 e. The van der Waals surface area contributed by atoms with Crippen LogP contribution in [0.3, 0.4) is 0 Å². The van der Waals surface area contributed by atoms with Crippen LogP contribution in [0.1, 0.15) is 48.2 Å². The first kappa shape index (κ1) is 20.4. The van der Waals surface area contributed by atoms with Crippen LogP contribution in [0.2, 0.25) is 0 Å². The third-order valence-corrected chi connectivity index (χ3v) is 3.67. The molecule has 0 aliphatic heterocycles. The second-order valence-electron chi connectivity index (χ2n) is 6.46. The zero-order valence-electron chi connectivity index (χ0n) is 16.3. The van der Waals surface area contributed by atoms with Gasteiger partial charge in [0, 0.05) is 12.1 Å². The first-order valence-electron chi connectivity index (χ1n) is 9.06. The standard InChI is InChI=1S/C20H28N4O3/c1-5-22-20(24-12-16-8-9-17(27-16)19(21)25)23-11-15-7-6-14(4)10-18(15)26-13(2)3/h6-10,13H,5,11-12H2,1-4H3,(H2,21,25)(H2,22,23,24).